The zero-order chi connectivity index (χ0) is 17.7. The van der Waals surface area contributed by atoms with Gasteiger partial charge in [0.15, 0.2) is 11.6 Å². The molecule has 2 rings (SSSR count). The Kier molecular flexibility index (Phi) is 6.51. The lowest BCUT2D eigenvalue weighted by Crippen LogP contribution is -2.52. The van der Waals surface area contributed by atoms with Gasteiger partial charge >= 0.3 is 6.03 Å². The predicted molar refractivity (Wildman–Crippen MR) is 85.5 cm³/mol. The van der Waals surface area contributed by atoms with Crippen LogP contribution in [0, 0.1) is 11.6 Å². The first-order valence-corrected chi connectivity index (χ1v) is 8.15. The van der Waals surface area contributed by atoms with E-state index in [1.165, 1.54) is 6.07 Å². The van der Waals surface area contributed by atoms with Crippen molar-refractivity contribution in [1.82, 2.24) is 10.6 Å². The molecule has 0 heterocycles. The van der Waals surface area contributed by atoms with Crippen LogP contribution in [0.1, 0.15) is 44.3 Å². The van der Waals surface area contributed by atoms with E-state index < -0.39 is 29.8 Å². The number of urea groups is 1. The van der Waals surface area contributed by atoms with Crippen molar-refractivity contribution in [3.8, 4) is 0 Å². The third-order valence-electron chi connectivity index (χ3n) is 4.44. The fraction of sp³-hybridized carbons (Fsp3) is 0.588. The van der Waals surface area contributed by atoms with Gasteiger partial charge in [0, 0.05) is 7.11 Å². The molecule has 2 amide bonds. The lowest BCUT2D eigenvalue weighted by Gasteiger charge is -2.31. The molecule has 4 unspecified atom stereocenters. The molecule has 134 valence electrons. The molecule has 1 aromatic carbocycles. The van der Waals surface area contributed by atoms with Gasteiger partial charge in [-0.15, -0.1) is 0 Å². The molecule has 0 radical (unpaired) electrons. The number of aliphatic hydroxyl groups is 1. The van der Waals surface area contributed by atoms with Crippen LogP contribution in [-0.2, 0) is 4.74 Å². The molecule has 0 bridgehead atoms. The summed E-state index contributed by atoms with van der Waals surface area (Å²) in [4.78, 5) is 12.1. The number of rotatable bonds is 5. The number of methoxy groups -OCH3 is 1. The van der Waals surface area contributed by atoms with Gasteiger partial charge in [0.25, 0.3) is 0 Å². The minimum Gasteiger partial charge on any atom is -0.386 e. The number of carbonyl (C=O) groups excluding carboxylic acids is 1. The fourth-order valence-corrected chi connectivity index (χ4v) is 3.02. The Morgan fingerprint density at radius 1 is 1.29 bits per heavy atom. The van der Waals surface area contributed by atoms with Crippen LogP contribution in [0.25, 0.3) is 0 Å². The Labute approximate surface area is 140 Å². The third-order valence-corrected chi connectivity index (χ3v) is 4.44. The van der Waals surface area contributed by atoms with Gasteiger partial charge < -0.3 is 20.5 Å². The van der Waals surface area contributed by atoms with E-state index in [4.69, 9.17) is 4.74 Å². The largest absolute Gasteiger partial charge is 0.386 e. The molecule has 3 N–H and O–H groups in total. The van der Waals surface area contributed by atoms with Gasteiger partial charge in [-0.25, -0.2) is 13.6 Å². The molecule has 5 nitrogen and oxygen atoms in total. The Morgan fingerprint density at radius 2 is 2.00 bits per heavy atom. The van der Waals surface area contributed by atoms with Crippen LogP contribution < -0.4 is 10.6 Å². The van der Waals surface area contributed by atoms with Gasteiger partial charge in [0.1, 0.15) is 0 Å². The first kappa shape index (κ1) is 18.6. The Morgan fingerprint density at radius 3 is 2.67 bits per heavy atom. The van der Waals surface area contributed by atoms with Crippen LogP contribution in [0.3, 0.4) is 0 Å². The summed E-state index contributed by atoms with van der Waals surface area (Å²) < 4.78 is 31.6. The van der Waals surface area contributed by atoms with E-state index in [0.29, 0.717) is 0 Å². The standard InChI is InChI=1S/C17H24F2N2O3/c1-10(16(22)11-7-8-12(18)13(19)9-11)20-17(23)21-14-5-3-4-6-15(14)24-2/h7-10,14-16,22H,3-6H2,1-2H3,(H2,20,21,23). The van der Waals surface area contributed by atoms with Crippen molar-refractivity contribution in [2.75, 3.05) is 7.11 Å². The van der Waals surface area contributed by atoms with E-state index in [1.807, 2.05) is 0 Å². The van der Waals surface area contributed by atoms with Crippen molar-refractivity contribution in [2.24, 2.45) is 0 Å². The monoisotopic (exact) mass is 342 g/mol. The number of ether oxygens (including phenoxy) is 1. The molecule has 0 aliphatic heterocycles. The van der Waals surface area contributed by atoms with Gasteiger partial charge in [0.05, 0.1) is 24.3 Å². The summed E-state index contributed by atoms with van der Waals surface area (Å²) in [5.41, 5.74) is 0.203. The van der Waals surface area contributed by atoms with E-state index >= 15 is 0 Å². The van der Waals surface area contributed by atoms with Gasteiger partial charge in [0.2, 0.25) is 0 Å². The maximum absolute atomic E-state index is 13.3. The first-order chi connectivity index (χ1) is 11.4. The average Bonchev–Trinajstić information content (AvgIpc) is 2.57. The van der Waals surface area contributed by atoms with Crippen LogP contribution in [-0.4, -0.2) is 36.4 Å². The second kappa shape index (κ2) is 8.39. The van der Waals surface area contributed by atoms with E-state index in [-0.39, 0.29) is 17.7 Å². The summed E-state index contributed by atoms with van der Waals surface area (Å²) in [5.74, 6) is -2.01. The molecule has 1 aliphatic carbocycles. The normalized spacial score (nSPS) is 23.4. The number of nitrogens with one attached hydrogen (secondary N) is 2. The average molecular weight is 342 g/mol. The summed E-state index contributed by atoms with van der Waals surface area (Å²) in [5, 5.41) is 15.7. The third kappa shape index (κ3) is 4.64. The topological polar surface area (TPSA) is 70.6 Å². The first-order valence-electron chi connectivity index (χ1n) is 8.15. The highest BCUT2D eigenvalue weighted by molar-refractivity contribution is 5.74. The number of halogens is 2. The molecule has 1 aromatic rings. The highest BCUT2D eigenvalue weighted by Crippen LogP contribution is 2.21. The summed E-state index contributed by atoms with van der Waals surface area (Å²) in [6, 6.07) is 2.01. The molecule has 1 fully saturated rings. The van der Waals surface area contributed by atoms with Crippen molar-refractivity contribution in [1.29, 1.82) is 0 Å². The quantitative estimate of drug-likeness (QED) is 0.770. The summed E-state index contributed by atoms with van der Waals surface area (Å²) in [7, 11) is 1.62. The second-order valence-electron chi connectivity index (χ2n) is 6.19. The lowest BCUT2D eigenvalue weighted by atomic mass is 9.92. The van der Waals surface area contributed by atoms with E-state index in [9.17, 15) is 18.7 Å². The van der Waals surface area contributed by atoms with E-state index in [1.54, 1.807) is 14.0 Å². The lowest BCUT2D eigenvalue weighted by molar-refractivity contribution is 0.0446. The van der Waals surface area contributed by atoms with E-state index in [0.717, 1.165) is 37.8 Å². The van der Waals surface area contributed by atoms with Crippen LogP contribution in [0.2, 0.25) is 0 Å². The van der Waals surface area contributed by atoms with Crippen LogP contribution in [0.15, 0.2) is 18.2 Å². The van der Waals surface area contributed by atoms with Gasteiger partial charge in [-0.1, -0.05) is 18.9 Å². The molecular weight excluding hydrogens is 318 g/mol. The van der Waals surface area contributed by atoms with Gasteiger partial charge in [-0.05, 0) is 37.5 Å². The highest BCUT2D eigenvalue weighted by Gasteiger charge is 2.27. The summed E-state index contributed by atoms with van der Waals surface area (Å²) in [6.45, 7) is 1.60. The Bertz CT molecular complexity index is 571. The van der Waals surface area contributed by atoms with Crippen molar-refractivity contribution >= 4 is 6.03 Å². The Balaban J connectivity index is 1.91. The van der Waals surface area contributed by atoms with Crippen LogP contribution >= 0.6 is 0 Å². The smallest absolute Gasteiger partial charge is 0.315 e. The molecule has 4 atom stereocenters. The number of hydrogen-bond acceptors (Lipinski definition) is 3. The Hall–Kier alpha value is -1.73. The van der Waals surface area contributed by atoms with Crippen molar-refractivity contribution in [2.45, 2.75) is 56.9 Å². The van der Waals surface area contributed by atoms with Crippen LogP contribution in [0.5, 0.6) is 0 Å². The zero-order valence-electron chi connectivity index (χ0n) is 13.9. The summed E-state index contributed by atoms with van der Waals surface area (Å²) >= 11 is 0. The molecule has 24 heavy (non-hydrogen) atoms. The predicted octanol–water partition coefficient (Wildman–Crippen LogP) is 2.64. The van der Waals surface area contributed by atoms with E-state index in [2.05, 4.69) is 10.6 Å². The maximum Gasteiger partial charge on any atom is 0.315 e. The summed E-state index contributed by atoms with van der Waals surface area (Å²) in [6.07, 6.45) is 2.67. The number of amides is 2. The van der Waals surface area contributed by atoms with Crippen LogP contribution in [0.4, 0.5) is 13.6 Å². The molecule has 0 saturated heterocycles. The van der Waals surface area contributed by atoms with Crippen molar-refractivity contribution < 1.29 is 23.4 Å². The molecule has 7 heteroatoms. The highest BCUT2D eigenvalue weighted by atomic mass is 19.2. The molecule has 0 aromatic heterocycles. The second-order valence-corrected chi connectivity index (χ2v) is 6.19. The van der Waals surface area contributed by atoms with Crippen molar-refractivity contribution in [3.05, 3.63) is 35.4 Å². The van der Waals surface area contributed by atoms with Crippen molar-refractivity contribution in [3.63, 3.8) is 0 Å². The number of aliphatic hydroxyl groups excluding tert-OH is 1. The molecule has 1 aliphatic rings. The SMILES string of the molecule is COC1CCCCC1NC(=O)NC(C)C(O)c1ccc(F)c(F)c1. The fourth-order valence-electron chi connectivity index (χ4n) is 3.02. The number of hydrogen-bond donors (Lipinski definition) is 3. The number of carbonyl (C=O) groups is 1. The molecule has 0 spiro atoms. The minimum absolute atomic E-state index is 0.0177. The number of benzene rings is 1. The maximum atomic E-state index is 13.3. The molecular formula is C17H24F2N2O3. The zero-order valence-corrected chi connectivity index (χ0v) is 13.9. The van der Waals surface area contributed by atoms with Gasteiger partial charge in [-0.2, -0.15) is 0 Å². The molecule has 1 saturated carbocycles. The minimum atomic E-state index is -1.14. The van der Waals surface area contributed by atoms with Gasteiger partial charge in [-0.3, -0.25) is 0 Å².